The summed E-state index contributed by atoms with van der Waals surface area (Å²) in [6.45, 7) is 3.90. The fraction of sp³-hybridized carbons (Fsp3) is 0.462. The van der Waals surface area contributed by atoms with Gasteiger partial charge in [-0.2, -0.15) is 18.6 Å². The molecule has 1 aromatic carbocycles. The summed E-state index contributed by atoms with van der Waals surface area (Å²) in [6.07, 6.45) is 5.23. The van der Waals surface area contributed by atoms with Crippen LogP contribution in [-0.4, -0.2) is 13.2 Å². The van der Waals surface area contributed by atoms with Gasteiger partial charge >= 0.3 is 0 Å². The van der Waals surface area contributed by atoms with E-state index in [4.69, 9.17) is 9.47 Å². The molecule has 2 nitrogen and oxygen atoms in total. The van der Waals surface area contributed by atoms with Crippen LogP contribution in [0, 0.1) is 6.92 Å². The minimum absolute atomic E-state index is 0. The predicted octanol–water partition coefficient (Wildman–Crippen LogP) is 3.20. The number of hydrogen-bond acceptors (Lipinski definition) is 2. The van der Waals surface area contributed by atoms with Crippen LogP contribution in [0.1, 0.15) is 31.2 Å². The second kappa shape index (κ2) is 6.51. The van der Waals surface area contributed by atoms with Crippen LogP contribution >= 0.6 is 0 Å². The van der Waals surface area contributed by atoms with Gasteiger partial charge in [0.05, 0.1) is 13.2 Å². The van der Waals surface area contributed by atoms with Gasteiger partial charge in [0.25, 0.3) is 0 Å². The van der Waals surface area contributed by atoms with Crippen molar-refractivity contribution in [1.29, 1.82) is 0 Å². The smallest absolute Gasteiger partial charge is 0.136 e. The molecule has 2 rings (SSSR count). The molecule has 0 atom stereocenters. The summed E-state index contributed by atoms with van der Waals surface area (Å²) >= 11 is 0. The predicted molar refractivity (Wildman–Crippen MR) is 60.3 cm³/mol. The molecule has 1 saturated carbocycles. The molecule has 3 heteroatoms. The molecule has 1 aliphatic carbocycles. The monoisotopic (exact) mass is 294 g/mol. The van der Waals surface area contributed by atoms with E-state index in [9.17, 15) is 0 Å². The van der Waals surface area contributed by atoms with Gasteiger partial charge < -0.3 is 9.47 Å². The largest absolute Gasteiger partial charge is 0.499 e. The average molecular weight is 294 g/mol. The standard InChI is InChI=1S/C13H17O2.Y/c1-10-7-8-12(14-2)13(9-10)15-11-5-3-4-6-11;/h7-9,11H,1,3-6H2,2H3;/q-1;. The summed E-state index contributed by atoms with van der Waals surface area (Å²) in [5.41, 5.74) is 0.962. The Labute approximate surface area is 123 Å². The molecule has 0 spiro atoms. The Hall–Kier alpha value is -0.206. The second-order valence-electron chi connectivity index (χ2n) is 4.01. The van der Waals surface area contributed by atoms with Gasteiger partial charge in [-0.05, 0) is 25.7 Å². The summed E-state index contributed by atoms with van der Waals surface area (Å²) < 4.78 is 11.2. The molecule has 1 fully saturated rings. The normalized spacial score (nSPS) is 15.6. The van der Waals surface area contributed by atoms with E-state index in [-0.39, 0.29) is 32.7 Å². The van der Waals surface area contributed by atoms with Crippen molar-refractivity contribution in [3.05, 3.63) is 30.7 Å². The summed E-state index contributed by atoms with van der Waals surface area (Å²) in [7, 11) is 1.67. The molecule has 0 heterocycles. The molecule has 85 valence electrons. The van der Waals surface area contributed by atoms with Crippen molar-refractivity contribution >= 4 is 0 Å². The van der Waals surface area contributed by atoms with Crippen LogP contribution in [0.3, 0.4) is 0 Å². The van der Waals surface area contributed by atoms with Crippen LogP contribution < -0.4 is 9.47 Å². The van der Waals surface area contributed by atoms with E-state index >= 15 is 0 Å². The zero-order chi connectivity index (χ0) is 10.7. The molecule has 0 amide bonds. The van der Waals surface area contributed by atoms with Gasteiger partial charge in [-0.3, -0.25) is 0 Å². The minimum atomic E-state index is 0. The van der Waals surface area contributed by atoms with Crippen LogP contribution in [0.4, 0.5) is 0 Å². The van der Waals surface area contributed by atoms with Gasteiger partial charge in [0.2, 0.25) is 0 Å². The maximum atomic E-state index is 5.91. The zero-order valence-corrected chi connectivity index (χ0v) is 12.6. The molecular weight excluding hydrogens is 277 g/mol. The third-order valence-corrected chi connectivity index (χ3v) is 2.82. The van der Waals surface area contributed by atoms with Gasteiger partial charge in [0, 0.05) is 32.7 Å². The number of hydrogen-bond donors (Lipinski definition) is 0. The number of ether oxygens (including phenoxy) is 2. The maximum absolute atomic E-state index is 5.91. The van der Waals surface area contributed by atoms with Gasteiger partial charge in [-0.25, -0.2) is 0 Å². The fourth-order valence-electron chi connectivity index (χ4n) is 2.00. The first kappa shape index (κ1) is 13.9. The Kier molecular flexibility index (Phi) is 5.64. The number of benzene rings is 1. The van der Waals surface area contributed by atoms with Crippen LogP contribution in [0.2, 0.25) is 0 Å². The Morgan fingerprint density at radius 1 is 1.19 bits per heavy atom. The van der Waals surface area contributed by atoms with E-state index in [1.54, 1.807) is 7.11 Å². The first-order valence-electron chi connectivity index (χ1n) is 5.46. The molecule has 16 heavy (non-hydrogen) atoms. The molecule has 0 saturated heterocycles. The summed E-state index contributed by atoms with van der Waals surface area (Å²) in [6, 6.07) is 5.78. The van der Waals surface area contributed by atoms with Crippen molar-refractivity contribution in [1.82, 2.24) is 0 Å². The molecule has 0 aliphatic heterocycles. The van der Waals surface area contributed by atoms with E-state index in [1.807, 2.05) is 18.2 Å². The third kappa shape index (κ3) is 3.39. The molecule has 0 bridgehead atoms. The summed E-state index contributed by atoms with van der Waals surface area (Å²) in [5, 5.41) is 0. The first-order chi connectivity index (χ1) is 7.29. The van der Waals surface area contributed by atoms with Gasteiger partial charge in [-0.1, -0.05) is 6.07 Å². The molecule has 1 aliphatic rings. The molecule has 1 radical (unpaired) electrons. The molecule has 0 aromatic heterocycles. The topological polar surface area (TPSA) is 18.5 Å². The Morgan fingerprint density at radius 2 is 1.88 bits per heavy atom. The van der Waals surface area contributed by atoms with Crippen LogP contribution in [0.5, 0.6) is 11.5 Å². The molecule has 0 N–H and O–H groups in total. The average Bonchev–Trinajstić information content (AvgIpc) is 2.71. The molecular formula is C13H17O2Y-. The van der Waals surface area contributed by atoms with Crippen molar-refractivity contribution in [2.45, 2.75) is 31.8 Å². The Balaban J connectivity index is 0.00000128. The number of rotatable bonds is 3. The van der Waals surface area contributed by atoms with Crippen molar-refractivity contribution < 1.29 is 42.2 Å². The van der Waals surface area contributed by atoms with E-state index in [0.29, 0.717) is 6.10 Å². The van der Waals surface area contributed by atoms with Gasteiger partial charge in [0.1, 0.15) is 11.5 Å². The second-order valence-corrected chi connectivity index (χ2v) is 4.01. The number of methoxy groups -OCH3 is 1. The van der Waals surface area contributed by atoms with Crippen molar-refractivity contribution in [2.75, 3.05) is 7.11 Å². The van der Waals surface area contributed by atoms with Gasteiger partial charge in [0.15, 0.2) is 0 Å². The quantitative estimate of drug-likeness (QED) is 0.797. The first-order valence-corrected chi connectivity index (χ1v) is 5.46. The molecule has 0 unspecified atom stereocenters. The van der Waals surface area contributed by atoms with E-state index in [1.165, 1.54) is 12.8 Å². The summed E-state index contributed by atoms with van der Waals surface area (Å²) in [4.78, 5) is 0. The van der Waals surface area contributed by atoms with E-state index in [0.717, 1.165) is 29.9 Å². The van der Waals surface area contributed by atoms with E-state index in [2.05, 4.69) is 6.92 Å². The SMILES string of the molecule is [CH2-]c1ccc(OC)c(OC2CCCC2)c1.[Y]. The third-order valence-electron chi connectivity index (χ3n) is 2.82. The van der Waals surface area contributed by atoms with Crippen molar-refractivity contribution in [2.24, 2.45) is 0 Å². The fourth-order valence-corrected chi connectivity index (χ4v) is 2.00. The van der Waals surface area contributed by atoms with Gasteiger partial charge in [-0.15, -0.1) is 6.07 Å². The van der Waals surface area contributed by atoms with E-state index < -0.39 is 0 Å². The van der Waals surface area contributed by atoms with Crippen molar-refractivity contribution in [3.63, 3.8) is 0 Å². The Bertz CT molecular complexity index is 333. The molecule has 1 aromatic rings. The summed E-state index contributed by atoms with van der Waals surface area (Å²) in [5.74, 6) is 1.63. The van der Waals surface area contributed by atoms with Crippen LogP contribution in [-0.2, 0) is 32.7 Å². The minimum Gasteiger partial charge on any atom is -0.499 e. The Morgan fingerprint density at radius 3 is 2.50 bits per heavy atom. The maximum Gasteiger partial charge on any atom is 0.136 e. The zero-order valence-electron chi connectivity index (χ0n) is 9.74. The van der Waals surface area contributed by atoms with Crippen molar-refractivity contribution in [3.8, 4) is 11.5 Å². The van der Waals surface area contributed by atoms with Crippen LogP contribution in [0.15, 0.2) is 18.2 Å². The van der Waals surface area contributed by atoms with Crippen LogP contribution in [0.25, 0.3) is 0 Å².